The first-order valence-electron chi connectivity index (χ1n) is 12.4. The number of ether oxygens (including phenoxy) is 1. The second-order valence-corrected chi connectivity index (χ2v) is 12.1. The highest BCUT2D eigenvalue weighted by Gasteiger charge is 2.19. The van der Waals surface area contributed by atoms with Crippen molar-refractivity contribution >= 4 is 37.0 Å². The highest BCUT2D eigenvalue weighted by molar-refractivity contribution is 6.55. The van der Waals surface area contributed by atoms with E-state index in [1.165, 1.54) is 6.33 Å². The van der Waals surface area contributed by atoms with Crippen LogP contribution in [0.15, 0.2) is 103 Å². The van der Waals surface area contributed by atoms with Gasteiger partial charge < -0.3 is 9.30 Å². The van der Waals surface area contributed by atoms with Crippen molar-refractivity contribution in [2.75, 3.05) is 6.61 Å². The summed E-state index contributed by atoms with van der Waals surface area (Å²) in [4.78, 5) is 31.5. The summed E-state index contributed by atoms with van der Waals surface area (Å²) >= 11 is 0. The minimum atomic E-state index is -0.354. The maximum atomic E-state index is 13.7. The number of benzene rings is 2. The number of hydrogen-bond acceptors (Lipinski definition) is 6. The summed E-state index contributed by atoms with van der Waals surface area (Å²) in [6.45, 7) is 5.54. The molecule has 3 aromatic heterocycles. The van der Waals surface area contributed by atoms with E-state index in [0.29, 0.717) is 41.2 Å². The second kappa shape index (κ2) is 11.8. The lowest BCUT2D eigenvalue weighted by molar-refractivity contribution is 0.0899. The highest BCUT2D eigenvalue weighted by atomic mass is 28.3. The SMILES string of the molecule is C[Si](C)CCOCn1cc(C(=O)c2cncc(N=C(c3ccccc3)c3ccccc3)c2)c2cncnc21. The van der Waals surface area contributed by atoms with Crippen LogP contribution in [0.3, 0.4) is 0 Å². The molecule has 0 aliphatic carbocycles. The van der Waals surface area contributed by atoms with Crippen molar-refractivity contribution in [2.45, 2.75) is 25.9 Å². The fourth-order valence-corrected chi connectivity index (χ4v) is 4.69. The largest absolute Gasteiger partial charge is 0.361 e. The molecule has 3 heterocycles. The van der Waals surface area contributed by atoms with Crippen molar-refractivity contribution in [1.82, 2.24) is 19.5 Å². The van der Waals surface area contributed by atoms with E-state index in [1.807, 2.05) is 65.2 Å². The third-order valence-electron chi connectivity index (χ3n) is 6.08. The lowest BCUT2D eigenvalue weighted by Crippen LogP contribution is -2.08. The number of pyridine rings is 1. The van der Waals surface area contributed by atoms with Crippen LogP contribution >= 0.6 is 0 Å². The Hall–Kier alpha value is -4.27. The first-order valence-corrected chi connectivity index (χ1v) is 15.2. The summed E-state index contributed by atoms with van der Waals surface area (Å²) in [5.41, 5.74) is 4.99. The van der Waals surface area contributed by atoms with Gasteiger partial charge in [0.15, 0.2) is 5.78 Å². The predicted octanol–water partition coefficient (Wildman–Crippen LogP) is 5.95. The average molecular weight is 519 g/mol. The summed E-state index contributed by atoms with van der Waals surface area (Å²) in [6, 6.07) is 22.8. The minimum absolute atomic E-state index is 0.165. The van der Waals surface area contributed by atoms with E-state index in [9.17, 15) is 4.79 Å². The summed E-state index contributed by atoms with van der Waals surface area (Å²) in [5, 5.41) is 0.681. The Morgan fingerprint density at radius 3 is 2.32 bits per heavy atom. The van der Waals surface area contributed by atoms with Gasteiger partial charge in [-0.3, -0.25) is 9.78 Å². The van der Waals surface area contributed by atoms with E-state index in [4.69, 9.17) is 9.73 Å². The smallest absolute Gasteiger partial charge is 0.196 e. The molecular weight excluding hydrogens is 490 g/mol. The van der Waals surface area contributed by atoms with E-state index < -0.39 is 0 Å². The minimum Gasteiger partial charge on any atom is -0.361 e. The molecule has 0 N–H and O–H groups in total. The van der Waals surface area contributed by atoms with Crippen LogP contribution in [0.2, 0.25) is 19.1 Å². The third-order valence-corrected chi connectivity index (χ3v) is 7.29. The Bertz CT molecular complexity index is 1520. The lowest BCUT2D eigenvalue weighted by atomic mass is 10.0. The van der Waals surface area contributed by atoms with Gasteiger partial charge in [-0.25, -0.2) is 15.0 Å². The van der Waals surface area contributed by atoms with Crippen molar-refractivity contribution in [1.29, 1.82) is 0 Å². The zero-order valence-electron chi connectivity index (χ0n) is 21.4. The molecule has 0 aliphatic rings. The van der Waals surface area contributed by atoms with Crippen molar-refractivity contribution in [2.24, 2.45) is 4.99 Å². The van der Waals surface area contributed by atoms with Gasteiger partial charge in [-0.05, 0) is 12.1 Å². The second-order valence-electron chi connectivity index (χ2n) is 9.22. The van der Waals surface area contributed by atoms with Crippen LogP contribution in [0.5, 0.6) is 0 Å². The number of carbonyl (C=O) groups is 1. The van der Waals surface area contributed by atoms with Crippen molar-refractivity contribution in [3.05, 3.63) is 120 Å². The molecule has 7 nitrogen and oxygen atoms in total. The van der Waals surface area contributed by atoms with E-state index in [1.54, 1.807) is 30.9 Å². The summed E-state index contributed by atoms with van der Waals surface area (Å²) < 4.78 is 7.73. The lowest BCUT2D eigenvalue weighted by Gasteiger charge is -2.08. The van der Waals surface area contributed by atoms with Crippen molar-refractivity contribution in [3.63, 3.8) is 0 Å². The molecule has 0 saturated carbocycles. The Labute approximate surface area is 223 Å². The zero-order chi connectivity index (χ0) is 26.3. The molecule has 189 valence electrons. The Balaban J connectivity index is 1.48. The number of fused-ring (bicyclic) bond motifs is 1. The number of ketones is 1. The Morgan fingerprint density at radius 2 is 1.63 bits per heavy atom. The van der Waals surface area contributed by atoms with Gasteiger partial charge in [0.25, 0.3) is 0 Å². The molecule has 0 amide bonds. The molecule has 2 aromatic carbocycles. The molecule has 5 rings (SSSR count). The van der Waals surface area contributed by atoms with E-state index in [0.717, 1.165) is 22.9 Å². The van der Waals surface area contributed by atoms with Crippen molar-refractivity contribution in [3.8, 4) is 0 Å². The van der Waals surface area contributed by atoms with E-state index in [2.05, 4.69) is 28.0 Å². The number of aliphatic imine (C=N–C) groups is 1. The van der Waals surface area contributed by atoms with Crippen LogP contribution in [-0.4, -0.2) is 46.4 Å². The highest BCUT2D eigenvalue weighted by Crippen LogP contribution is 2.24. The topological polar surface area (TPSA) is 82.3 Å². The van der Waals surface area contributed by atoms with Crippen molar-refractivity contribution < 1.29 is 9.53 Å². The van der Waals surface area contributed by atoms with E-state index >= 15 is 0 Å². The maximum absolute atomic E-state index is 13.7. The molecule has 1 radical (unpaired) electrons. The molecule has 5 aromatic rings. The monoisotopic (exact) mass is 518 g/mol. The van der Waals surface area contributed by atoms with Gasteiger partial charge in [0, 0.05) is 56.1 Å². The molecule has 0 atom stereocenters. The number of nitrogens with zero attached hydrogens (tertiary/aromatic N) is 5. The van der Waals surface area contributed by atoms with Gasteiger partial charge in [-0.15, -0.1) is 0 Å². The molecular formula is C30H28N5O2Si. The predicted molar refractivity (Wildman–Crippen MR) is 152 cm³/mol. The quantitative estimate of drug-likeness (QED) is 0.0987. The van der Waals surface area contributed by atoms with Crippen LogP contribution in [-0.2, 0) is 11.5 Å². The first-order chi connectivity index (χ1) is 18.6. The molecule has 0 fully saturated rings. The number of hydrogen-bond donors (Lipinski definition) is 0. The summed E-state index contributed by atoms with van der Waals surface area (Å²) in [5.74, 6) is -0.165. The summed E-state index contributed by atoms with van der Waals surface area (Å²) in [7, 11) is -0.354. The number of aromatic nitrogens is 4. The molecule has 38 heavy (non-hydrogen) atoms. The number of carbonyl (C=O) groups excluding carboxylic acids is 1. The first kappa shape index (κ1) is 25.4. The van der Waals surface area contributed by atoms with Gasteiger partial charge in [0.2, 0.25) is 0 Å². The molecule has 0 bridgehead atoms. The normalized spacial score (nSPS) is 11.1. The van der Waals surface area contributed by atoms with Gasteiger partial charge >= 0.3 is 0 Å². The zero-order valence-corrected chi connectivity index (χ0v) is 22.4. The maximum Gasteiger partial charge on any atom is 0.196 e. The van der Waals surface area contributed by atoms with E-state index in [-0.39, 0.29) is 14.6 Å². The van der Waals surface area contributed by atoms with Gasteiger partial charge in [-0.1, -0.05) is 73.8 Å². The Kier molecular flexibility index (Phi) is 7.91. The molecule has 0 spiro atoms. The van der Waals surface area contributed by atoms with Crippen LogP contribution in [0, 0.1) is 0 Å². The molecule has 0 aliphatic heterocycles. The standard InChI is InChI=1S/C30H28N5O2Si/c1-38(2)14-13-37-21-35-19-27(26-18-32-20-33-30(26)35)29(36)24-15-25(17-31-16-24)34-28(22-9-5-3-6-10-22)23-11-7-4-8-12-23/h3-12,15-20H,13-14,21H2,1-2H3. The van der Waals surface area contributed by atoms with Gasteiger partial charge in [0.1, 0.15) is 18.7 Å². The van der Waals surface area contributed by atoms with Crippen LogP contribution in [0.1, 0.15) is 27.0 Å². The van der Waals surface area contributed by atoms with Crippen LogP contribution in [0.25, 0.3) is 11.0 Å². The van der Waals surface area contributed by atoms with Crippen LogP contribution < -0.4 is 0 Å². The number of rotatable bonds is 10. The Morgan fingerprint density at radius 1 is 0.921 bits per heavy atom. The molecule has 8 heteroatoms. The fraction of sp³-hybridized carbons (Fsp3) is 0.167. The molecule has 0 unspecified atom stereocenters. The molecule has 0 saturated heterocycles. The summed E-state index contributed by atoms with van der Waals surface area (Å²) in [6.07, 6.45) is 8.18. The van der Waals surface area contributed by atoms with Gasteiger partial charge in [0.05, 0.1) is 23.2 Å². The fourth-order valence-electron chi connectivity index (χ4n) is 4.13. The van der Waals surface area contributed by atoms with Gasteiger partial charge in [-0.2, -0.15) is 0 Å². The third kappa shape index (κ3) is 5.82. The van der Waals surface area contributed by atoms with Crippen LogP contribution in [0.4, 0.5) is 5.69 Å². The average Bonchev–Trinajstić information content (AvgIpc) is 3.33.